The van der Waals surface area contributed by atoms with Gasteiger partial charge >= 0.3 is 11.9 Å². The minimum atomic E-state index is -1.10. The Labute approximate surface area is 96.0 Å². The summed E-state index contributed by atoms with van der Waals surface area (Å²) in [6.07, 6.45) is 0. The normalized spacial score (nSPS) is 9.81. The van der Waals surface area contributed by atoms with Crippen LogP contribution in [0.4, 0.5) is 0 Å². The number of methoxy groups -OCH3 is 1. The number of aromatic carboxylic acids is 1. The molecule has 5 nitrogen and oxygen atoms in total. The van der Waals surface area contributed by atoms with Gasteiger partial charge in [-0.25, -0.2) is 4.79 Å². The molecule has 0 aliphatic carbocycles. The minimum Gasteiger partial charge on any atom is -0.495 e. The molecule has 1 aromatic rings. The van der Waals surface area contributed by atoms with Crippen LogP contribution in [0.15, 0.2) is 23.1 Å². The standard InChI is InChI=1S/C10H10O5S/c1-15-9-6(10(13)14)3-2-4-7(9)16-5-8(11)12/h2-4H,5H2,1H3,(H,11,12)(H,13,14). The largest absolute Gasteiger partial charge is 0.495 e. The molecule has 86 valence electrons. The van der Waals surface area contributed by atoms with Crippen molar-refractivity contribution in [1.82, 2.24) is 0 Å². The zero-order chi connectivity index (χ0) is 12.1. The van der Waals surface area contributed by atoms with Crippen molar-refractivity contribution in [3.8, 4) is 5.75 Å². The first-order valence-corrected chi connectivity index (χ1v) is 5.29. The smallest absolute Gasteiger partial charge is 0.339 e. The Bertz CT molecular complexity index is 416. The van der Waals surface area contributed by atoms with Crippen LogP contribution in [-0.4, -0.2) is 35.0 Å². The molecule has 1 rings (SSSR count). The second kappa shape index (κ2) is 5.41. The number of carboxylic acid groups (broad SMARTS) is 2. The number of hydrogen-bond donors (Lipinski definition) is 2. The van der Waals surface area contributed by atoms with Gasteiger partial charge in [0.1, 0.15) is 11.3 Å². The molecule has 0 spiro atoms. The second-order valence-electron chi connectivity index (χ2n) is 2.82. The van der Waals surface area contributed by atoms with Crippen LogP contribution in [0, 0.1) is 0 Å². The SMILES string of the molecule is COc1c(SCC(=O)O)cccc1C(=O)O. The molecular formula is C10H10O5S. The van der Waals surface area contributed by atoms with E-state index in [9.17, 15) is 9.59 Å². The molecule has 0 amide bonds. The number of ether oxygens (including phenoxy) is 1. The van der Waals surface area contributed by atoms with Crippen LogP contribution in [0.5, 0.6) is 5.75 Å². The Kier molecular flexibility index (Phi) is 4.19. The van der Waals surface area contributed by atoms with Gasteiger partial charge in [0.05, 0.1) is 17.8 Å². The van der Waals surface area contributed by atoms with E-state index in [-0.39, 0.29) is 17.1 Å². The van der Waals surface area contributed by atoms with E-state index < -0.39 is 11.9 Å². The Balaban J connectivity index is 3.04. The van der Waals surface area contributed by atoms with Crippen molar-refractivity contribution in [3.05, 3.63) is 23.8 Å². The van der Waals surface area contributed by atoms with Crippen LogP contribution < -0.4 is 4.74 Å². The lowest BCUT2D eigenvalue weighted by Gasteiger charge is -2.09. The highest BCUT2D eigenvalue weighted by atomic mass is 32.2. The monoisotopic (exact) mass is 242 g/mol. The van der Waals surface area contributed by atoms with Gasteiger partial charge in [0.2, 0.25) is 0 Å². The van der Waals surface area contributed by atoms with Crippen LogP contribution >= 0.6 is 11.8 Å². The Morgan fingerprint density at radius 2 is 2.06 bits per heavy atom. The van der Waals surface area contributed by atoms with Crippen LogP contribution in [0.2, 0.25) is 0 Å². The van der Waals surface area contributed by atoms with Crippen molar-refractivity contribution >= 4 is 23.7 Å². The summed E-state index contributed by atoms with van der Waals surface area (Å²) in [5.74, 6) is -2.01. The predicted molar refractivity (Wildman–Crippen MR) is 58.3 cm³/mol. The van der Waals surface area contributed by atoms with Gasteiger partial charge in [-0.05, 0) is 12.1 Å². The fourth-order valence-electron chi connectivity index (χ4n) is 1.15. The molecule has 0 unspecified atom stereocenters. The van der Waals surface area contributed by atoms with E-state index in [1.165, 1.54) is 13.2 Å². The number of benzene rings is 1. The average Bonchev–Trinajstić information content (AvgIpc) is 2.25. The summed E-state index contributed by atoms with van der Waals surface area (Å²) in [5.41, 5.74) is 0.0258. The first-order chi connectivity index (χ1) is 7.56. The summed E-state index contributed by atoms with van der Waals surface area (Å²) in [7, 11) is 1.35. The lowest BCUT2D eigenvalue weighted by atomic mass is 10.2. The van der Waals surface area contributed by atoms with E-state index >= 15 is 0 Å². The minimum absolute atomic E-state index is 0.0258. The molecule has 1 aromatic carbocycles. The highest BCUT2D eigenvalue weighted by Crippen LogP contribution is 2.32. The maximum atomic E-state index is 10.9. The molecule has 0 aromatic heterocycles. The number of hydrogen-bond acceptors (Lipinski definition) is 4. The molecule has 0 heterocycles. The summed E-state index contributed by atoms with van der Waals surface area (Å²) in [4.78, 5) is 21.8. The summed E-state index contributed by atoms with van der Waals surface area (Å²) < 4.78 is 4.98. The van der Waals surface area contributed by atoms with E-state index in [0.29, 0.717) is 4.90 Å². The topological polar surface area (TPSA) is 83.8 Å². The highest BCUT2D eigenvalue weighted by molar-refractivity contribution is 8.00. The fraction of sp³-hybridized carbons (Fsp3) is 0.200. The molecule has 16 heavy (non-hydrogen) atoms. The van der Waals surface area contributed by atoms with Crippen LogP contribution in [0.25, 0.3) is 0 Å². The maximum absolute atomic E-state index is 10.9. The predicted octanol–water partition coefficient (Wildman–Crippen LogP) is 1.57. The number of rotatable bonds is 5. The number of thioether (sulfide) groups is 1. The van der Waals surface area contributed by atoms with E-state index in [2.05, 4.69) is 0 Å². The molecular weight excluding hydrogens is 232 g/mol. The lowest BCUT2D eigenvalue weighted by molar-refractivity contribution is -0.133. The first-order valence-electron chi connectivity index (χ1n) is 4.31. The van der Waals surface area contributed by atoms with Gasteiger partial charge in [0, 0.05) is 0 Å². The lowest BCUT2D eigenvalue weighted by Crippen LogP contribution is -2.03. The summed E-state index contributed by atoms with van der Waals surface area (Å²) >= 11 is 1.02. The van der Waals surface area contributed by atoms with Crippen LogP contribution in [0.1, 0.15) is 10.4 Å². The summed E-state index contributed by atoms with van der Waals surface area (Å²) in [6, 6.07) is 4.58. The molecule has 0 saturated carbocycles. The van der Waals surface area contributed by atoms with E-state index in [4.69, 9.17) is 14.9 Å². The third-order valence-corrected chi connectivity index (χ3v) is 2.79. The Morgan fingerprint density at radius 3 is 2.56 bits per heavy atom. The number of aliphatic carboxylic acids is 1. The molecule has 0 fully saturated rings. The molecule has 6 heteroatoms. The van der Waals surface area contributed by atoms with Gasteiger partial charge in [-0.1, -0.05) is 6.07 Å². The number of para-hydroxylation sites is 1. The van der Waals surface area contributed by atoms with Gasteiger partial charge in [0.15, 0.2) is 0 Å². The van der Waals surface area contributed by atoms with E-state index in [1.807, 2.05) is 0 Å². The molecule has 0 radical (unpaired) electrons. The molecule has 0 aliphatic rings. The van der Waals surface area contributed by atoms with Crippen molar-refractivity contribution in [2.24, 2.45) is 0 Å². The Hall–Kier alpha value is -1.69. The van der Waals surface area contributed by atoms with E-state index in [1.54, 1.807) is 12.1 Å². The van der Waals surface area contributed by atoms with Crippen molar-refractivity contribution in [1.29, 1.82) is 0 Å². The van der Waals surface area contributed by atoms with Crippen molar-refractivity contribution in [3.63, 3.8) is 0 Å². The van der Waals surface area contributed by atoms with Gasteiger partial charge < -0.3 is 14.9 Å². The van der Waals surface area contributed by atoms with Gasteiger partial charge in [0.25, 0.3) is 0 Å². The summed E-state index contributed by atoms with van der Waals surface area (Å²) in [6.45, 7) is 0. The molecule has 0 aliphatic heterocycles. The average molecular weight is 242 g/mol. The zero-order valence-corrected chi connectivity index (χ0v) is 9.28. The fourth-order valence-corrected chi connectivity index (χ4v) is 1.93. The maximum Gasteiger partial charge on any atom is 0.339 e. The Morgan fingerprint density at radius 1 is 1.38 bits per heavy atom. The third kappa shape index (κ3) is 2.90. The van der Waals surface area contributed by atoms with Crippen molar-refractivity contribution in [2.45, 2.75) is 4.90 Å². The summed E-state index contributed by atoms with van der Waals surface area (Å²) in [5, 5.41) is 17.4. The van der Waals surface area contributed by atoms with E-state index in [0.717, 1.165) is 11.8 Å². The van der Waals surface area contributed by atoms with Crippen LogP contribution in [0.3, 0.4) is 0 Å². The molecule has 0 saturated heterocycles. The van der Waals surface area contributed by atoms with Gasteiger partial charge in [-0.15, -0.1) is 11.8 Å². The second-order valence-corrected chi connectivity index (χ2v) is 3.84. The van der Waals surface area contributed by atoms with Gasteiger partial charge in [-0.2, -0.15) is 0 Å². The third-order valence-electron chi connectivity index (χ3n) is 1.76. The first kappa shape index (κ1) is 12.4. The number of carboxylic acids is 2. The molecule has 0 atom stereocenters. The van der Waals surface area contributed by atoms with Crippen molar-refractivity contribution < 1.29 is 24.5 Å². The highest BCUT2D eigenvalue weighted by Gasteiger charge is 2.15. The van der Waals surface area contributed by atoms with Crippen LogP contribution in [-0.2, 0) is 4.79 Å². The van der Waals surface area contributed by atoms with Gasteiger partial charge in [-0.3, -0.25) is 4.79 Å². The number of carbonyl (C=O) groups is 2. The molecule has 2 N–H and O–H groups in total. The van der Waals surface area contributed by atoms with Crippen molar-refractivity contribution in [2.75, 3.05) is 12.9 Å². The zero-order valence-electron chi connectivity index (χ0n) is 8.47. The molecule has 0 bridgehead atoms. The quantitative estimate of drug-likeness (QED) is 0.762.